The number of nitrogens with zero attached hydrogens (tertiary/aromatic N) is 1. The quantitative estimate of drug-likeness (QED) is 0.0273. The first-order chi connectivity index (χ1) is 48.2. The van der Waals surface area contributed by atoms with Gasteiger partial charge in [-0.15, -0.1) is 0 Å². The molecule has 5 saturated heterocycles. The number of ether oxygens (including phenoxy) is 10. The van der Waals surface area contributed by atoms with Crippen LogP contribution in [0.5, 0.6) is 0 Å². The first-order valence-corrected chi connectivity index (χ1v) is 34.9. The second kappa shape index (κ2) is 42.2. The van der Waals surface area contributed by atoms with Gasteiger partial charge in [-0.1, -0.05) is 109 Å². The summed E-state index contributed by atoms with van der Waals surface area (Å²) in [5, 5.41) is 196. The number of aliphatic hydroxyl groups is 16. The number of pyridine rings is 1. The average Bonchev–Trinajstić information content (AvgIpc) is 0.747. The lowest BCUT2D eigenvalue weighted by Crippen LogP contribution is -2.72. The fourth-order valence-electron chi connectivity index (χ4n) is 13.0. The number of carboxylic acids is 1. The lowest BCUT2D eigenvalue weighted by atomic mass is 9.88. The maximum absolute atomic E-state index is 13.8. The van der Waals surface area contributed by atoms with Crippen LogP contribution in [0.2, 0.25) is 0 Å². The summed E-state index contributed by atoms with van der Waals surface area (Å²) in [7, 11) is 0. The molecule has 101 heavy (non-hydrogen) atoms. The van der Waals surface area contributed by atoms with Crippen molar-refractivity contribution in [2.24, 2.45) is 0 Å². The molecule has 6 heterocycles. The molecule has 0 spiro atoms. The van der Waals surface area contributed by atoms with E-state index in [-0.39, 0.29) is 6.42 Å². The van der Waals surface area contributed by atoms with Crippen molar-refractivity contribution in [3.05, 3.63) is 35.7 Å². The van der Waals surface area contributed by atoms with E-state index in [0.717, 1.165) is 46.0 Å². The third-order valence-electron chi connectivity index (χ3n) is 18.7. The van der Waals surface area contributed by atoms with Gasteiger partial charge in [-0.3, -0.25) is 19.4 Å². The maximum atomic E-state index is 13.8. The molecular weight excluding hydrogens is 1340 g/mol. The first kappa shape index (κ1) is 85.7. The minimum absolute atomic E-state index is 0.0937. The molecule has 3 amide bonds. The van der Waals surface area contributed by atoms with Crippen LogP contribution in [0, 0.1) is 6.92 Å². The summed E-state index contributed by atoms with van der Waals surface area (Å²) < 4.78 is 59.8. The Kier molecular flexibility index (Phi) is 35.8. The average molecular weight is 1460 g/mol. The van der Waals surface area contributed by atoms with Gasteiger partial charge < -0.3 is 150 Å². The molecule has 1 aromatic heterocycles. The fraction of sp³-hybridized carbons (Fsp3) is 0.833. The molecule has 2 unspecified atom stereocenters. The summed E-state index contributed by atoms with van der Waals surface area (Å²) in [6.45, 7) is -0.254. The lowest BCUT2D eigenvalue weighted by molar-refractivity contribution is -0.403. The molecule has 5 fully saturated rings. The van der Waals surface area contributed by atoms with E-state index in [4.69, 9.17) is 47.4 Å². The standard InChI is InChI=1S/C66H110N4O31/c1-5-6-7-8-9-10-11-12-13-14-15-16-17-18-19-23-45(81)70-37(38(78)25-24-36-22-20-21-33(2)67-36)32-92-62-54(88)52(86)56(43(30-74)95-62)97-64-55(89)60(101-66(65(90)91)26-39(79)46(68-34(3)76)59(100-66)48(82)40(80)27-71)57(44(31-75)96-64)98-61-47(69-35(4)77)58(50(84)42(29-73)93-61)99-63-53(87)51(85)49(83)41(28-72)94-63/h20-22,24-25,37-44,46-64,71-75,78-80,82-89H,5-19,23,26-32H2,1-4H3,(H,68,76)(H,69,77)(H,70,81)(H,90,91)/b25-24+/t37-,38+,39-,40+,41+,42+,43+,44+,46?,47+,48+,49-,50-,51-,52+,53+,54+,55+,56+,57-,58+,59?,60+,61-,62+,63-,64-,66-/m0/s1. The number of nitrogens with one attached hydrogen (secondary N) is 3. The Morgan fingerprint density at radius 3 is 1.66 bits per heavy atom. The van der Waals surface area contributed by atoms with Crippen LogP contribution in [0.3, 0.4) is 0 Å². The number of rotatable bonds is 41. The number of hydrogen-bond donors (Lipinski definition) is 20. The van der Waals surface area contributed by atoms with Crippen molar-refractivity contribution in [2.45, 2.75) is 308 Å². The van der Waals surface area contributed by atoms with Gasteiger partial charge in [0.05, 0.1) is 69.6 Å². The van der Waals surface area contributed by atoms with Crippen molar-refractivity contribution >= 4 is 29.8 Å². The summed E-state index contributed by atoms with van der Waals surface area (Å²) in [5.74, 6) is -7.79. The lowest BCUT2D eigenvalue weighted by Gasteiger charge is -2.52. The third-order valence-corrected chi connectivity index (χ3v) is 18.7. The zero-order chi connectivity index (χ0) is 74.3. The highest BCUT2D eigenvalue weighted by Gasteiger charge is 2.62. The normalized spacial score (nSPS) is 35.9. The van der Waals surface area contributed by atoms with Crippen LogP contribution < -0.4 is 16.0 Å². The van der Waals surface area contributed by atoms with Gasteiger partial charge in [-0.05, 0) is 31.6 Å². The molecule has 580 valence electrons. The molecule has 28 atom stereocenters. The largest absolute Gasteiger partial charge is 0.477 e. The smallest absolute Gasteiger partial charge is 0.364 e. The Morgan fingerprint density at radius 2 is 1.10 bits per heavy atom. The maximum Gasteiger partial charge on any atom is 0.364 e. The Morgan fingerprint density at radius 1 is 0.594 bits per heavy atom. The minimum atomic E-state index is -3.39. The highest BCUT2D eigenvalue weighted by molar-refractivity contribution is 5.77. The van der Waals surface area contributed by atoms with E-state index in [1.54, 1.807) is 25.1 Å². The van der Waals surface area contributed by atoms with Crippen LogP contribution in [-0.4, -0.2) is 326 Å². The summed E-state index contributed by atoms with van der Waals surface area (Å²) >= 11 is 0. The number of aryl methyl sites for hydroxylation is 1. The summed E-state index contributed by atoms with van der Waals surface area (Å²) in [6, 6.07) is 0.298. The van der Waals surface area contributed by atoms with Gasteiger partial charge in [0.25, 0.3) is 5.79 Å². The van der Waals surface area contributed by atoms with E-state index in [2.05, 4.69) is 27.9 Å². The van der Waals surface area contributed by atoms with Crippen LogP contribution >= 0.6 is 0 Å². The van der Waals surface area contributed by atoms with Gasteiger partial charge >= 0.3 is 5.97 Å². The molecule has 0 aromatic carbocycles. The second-order valence-electron chi connectivity index (χ2n) is 26.6. The number of carbonyl (C=O) groups is 4. The first-order valence-electron chi connectivity index (χ1n) is 34.9. The zero-order valence-electron chi connectivity index (χ0n) is 57.5. The van der Waals surface area contributed by atoms with Crippen LogP contribution in [0.25, 0.3) is 6.08 Å². The van der Waals surface area contributed by atoms with Crippen LogP contribution in [0.1, 0.15) is 141 Å². The Balaban J connectivity index is 1.25. The zero-order valence-corrected chi connectivity index (χ0v) is 57.5. The van der Waals surface area contributed by atoms with E-state index in [9.17, 15) is 106 Å². The molecule has 1 aromatic rings. The summed E-state index contributed by atoms with van der Waals surface area (Å²) in [4.78, 5) is 57.2. The Bertz CT molecular complexity index is 2660. The van der Waals surface area contributed by atoms with E-state index >= 15 is 0 Å². The Labute approximate surface area is 585 Å². The van der Waals surface area contributed by atoms with E-state index in [1.807, 2.05) is 0 Å². The molecule has 6 rings (SSSR count). The predicted octanol–water partition coefficient (Wildman–Crippen LogP) is -4.88. The monoisotopic (exact) mass is 1450 g/mol. The molecule has 5 aliphatic heterocycles. The van der Waals surface area contributed by atoms with Crippen LogP contribution in [0.4, 0.5) is 0 Å². The molecule has 0 bridgehead atoms. The molecular formula is C66H110N4O31. The SMILES string of the molecule is CCCCCCCCCCCCCCCCCC(=O)N[C@@H](CO[C@@H]1O[C@H](CO)[C@@H](O[C@@H]2O[C@H](CO)[C@H](O[C@@H]3O[C@H](CO)[C@H](O)[C@H](O[C@@H]4O[C@H](CO)[C@H](O)[C@H](O)[C@H]4O)[C@H]3NC(C)=O)[C@H](O[C@]3(C(=O)O)C[C@H](O)C(NC(C)=O)C([C@H](O)[C@H](O)CO)O3)[C@H]2O)[C@H](O)[C@H]1O)[C@H](O)/C=C/c1cccc(C)n1. The number of hydrogen-bond acceptors (Lipinski definition) is 31. The van der Waals surface area contributed by atoms with Gasteiger partial charge in [0.15, 0.2) is 25.2 Å². The fourth-order valence-corrected chi connectivity index (χ4v) is 13.0. The molecule has 0 aliphatic carbocycles. The number of aromatic nitrogens is 1. The van der Waals surface area contributed by atoms with Crippen molar-refractivity contribution in [1.82, 2.24) is 20.9 Å². The van der Waals surface area contributed by atoms with Gasteiger partial charge in [0, 0.05) is 32.4 Å². The molecule has 0 radical (unpaired) electrons. The molecule has 0 saturated carbocycles. The molecule has 5 aliphatic rings. The number of aliphatic hydroxyl groups excluding tert-OH is 16. The molecule has 35 nitrogen and oxygen atoms in total. The van der Waals surface area contributed by atoms with E-state index in [0.29, 0.717) is 17.8 Å². The van der Waals surface area contributed by atoms with Crippen LogP contribution in [0.15, 0.2) is 24.3 Å². The minimum Gasteiger partial charge on any atom is -0.477 e. The van der Waals surface area contributed by atoms with E-state index < -0.39 is 241 Å². The van der Waals surface area contributed by atoms with E-state index in [1.165, 1.54) is 69.9 Å². The van der Waals surface area contributed by atoms with Gasteiger partial charge in [-0.2, -0.15) is 0 Å². The number of carbonyl (C=O) groups excluding carboxylic acids is 3. The van der Waals surface area contributed by atoms with Gasteiger partial charge in [0.1, 0.15) is 116 Å². The summed E-state index contributed by atoms with van der Waals surface area (Å²) in [6.07, 6.45) is -31.2. The van der Waals surface area contributed by atoms with Crippen LogP contribution in [-0.2, 0) is 66.5 Å². The predicted molar refractivity (Wildman–Crippen MR) is 346 cm³/mol. The van der Waals surface area contributed by atoms with Crippen molar-refractivity contribution in [3.8, 4) is 0 Å². The van der Waals surface area contributed by atoms with Crippen molar-refractivity contribution in [2.75, 3.05) is 39.6 Å². The number of amides is 3. The highest BCUT2D eigenvalue weighted by atomic mass is 16.8. The number of aliphatic carboxylic acids is 1. The Hall–Kier alpha value is -4.27. The number of unbranched alkanes of at least 4 members (excludes halogenated alkanes) is 14. The van der Waals surface area contributed by atoms with Crippen molar-refractivity contribution < 1.29 is 153 Å². The van der Waals surface area contributed by atoms with Crippen molar-refractivity contribution in [1.29, 1.82) is 0 Å². The highest BCUT2D eigenvalue weighted by Crippen LogP contribution is 2.41. The second-order valence-corrected chi connectivity index (χ2v) is 26.6. The summed E-state index contributed by atoms with van der Waals surface area (Å²) in [5.41, 5.74) is 1.16. The van der Waals surface area contributed by atoms with Gasteiger partial charge in [-0.25, -0.2) is 4.79 Å². The topological polar surface area (TPSA) is 553 Å². The molecule has 35 heteroatoms. The van der Waals surface area contributed by atoms with Crippen molar-refractivity contribution in [3.63, 3.8) is 0 Å². The van der Waals surface area contributed by atoms with Gasteiger partial charge in [0.2, 0.25) is 17.7 Å². The third kappa shape index (κ3) is 23.9. The number of carboxylic acid groups (broad SMARTS) is 1. The molecule has 20 N–H and O–H groups in total.